The summed E-state index contributed by atoms with van der Waals surface area (Å²) < 4.78 is 0. The Hall–Kier alpha value is -1.67. The van der Waals surface area contributed by atoms with Crippen LogP contribution < -0.4 is 5.32 Å². The highest BCUT2D eigenvalue weighted by Crippen LogP contribution is 2.23. The van der Waals surface area contributed by atoms with Crippen molar-refractivity contribution in [3.05, 3.63) is 48.3 Å². The van der Waals surface area contributed by atoms with E-state index in [1.54, 1.807) is 0 Å². The first kappa shape index (κ1) is 14.7. The summed E-state index contributed by atoms with van der Waals surface area (Å²) in [5.41, 5.74) is 2.71. The summed E-state index contributed by atoms with van der Waals surface area (Å²) in [5.74, 6) is 0. The van der Waals surface area contributed by atoms with E-state index in [4.69, 9.17) is 0 Å². The first-order valence-electron chi connectivity index (χ1n) is 7.22. The smallest absolute Gasteiger partial charge is 0.0349 e. The Morgan fingerprint density at radius 1 is 1.20 bits per heavy atom. The Morgan fingerprint density at radius 3 is 2.70 bits per heavy atom. The maximum atomic E-state index is 4.34. The summed E-state index contributed by atoms with van der Waals surface area (Å²) >= 11 is 0. The van der Waals surface area contributed by atoms with Crippen LogP contribution in [0.15, 0.2) is 42.7 Å². The molecule has 0 unspecified atom stereocenters. The van der Waals surface area contributed by atoms with Crippen molar-refractivity contribution in [3.63, 3.8) is 0 Å². The molecule has 0 aliphatic rings. The Balaban J connectivity index is 2.13. The number of aromatic nitrogens is 1. The van der Waals surface area contributed by atoms with Gasteiger partial charge in [-0.3, -0.25) is 4.98 Å². The van der Waals surface area contributed by atoms with Gasteiger partial charge in [0.05, 0.1) is 0 Å². The Bertz CT molecular complexity index is 601. The molecule has 0 amide bonds. The maximum absolute atomic E-state index is 4.34. The van der Waals surface area contributed by atoms with E-state index in [9.17, 15) is 0 Å². The molecule has 0 fully saturated rings. The number of hydrogen-bond donors (Lipinski definition) is 1. The van der Waals surface area contributed by atoms with Gasteiger partial charge in [-0.05, 0) is 51.6 Å². The highest BCUT2D eigenvalue weighted by Gasteiger charge is 2.07. The van der Waals surface area contributed by atoms with Crippen molar-refractivity contribution >= 4 is 16.3 Å². The Morgan fingerprint density at radius 2 is 1.95 bits per heavy atom. The van der Waals surface area contributed by atoms with Gasteiger partial charge in [0, 0.05) is 28.9 Å². The molecule has 1 heterocycles. The first-order valence-corrected chi connectivity index (χ1v) is 7.22. The fraction of sp³-hybridized carbons (Fsp3) is 0.389. The molecule has 0 saturated heterocycles. The van der Waals surface area contributed by atoms with E-state index in [2.05, 4.69) is 68.3 Å². The second-order valence-corrected chi connectivity index (χ2v) is 6.26. The predicted octanol–water partition coefficient (Wildman–Crippen LogP) is 4.42. The van der Waals surface area contributed by atoms with E-state index >= 15 is 0 Å². The summed E-state index contributed by atoms with van der Waals surface area (Å²) in [6.45, 7) is 9.74. The van der Waals surface area contributed by atoms with E-state index in [0.29, 0.717) is 0 Å². The van der Waals surface area contributed by atoms with Crippen LogP contribution in [0.4, 0.5) is 0 Å². The van der Waals surface area contributed by atoms with Gasteiger partial charge in [0.2, 0.25) is 0 Å². The number of benzene rings is 1. The predicted molar refractivity (Wildman–Crippen MR) is 87.8 cm³/mol. The molecule has 0 aliphatic heterocycles. The molecule has 1 aromatic heterocycles. The van der Waals surface area contributed by atoms with Crippen molar-refractivity contribution in [1.82, 2.24) is 10.3 Å². The molecule has 106 valence electrons. The van der Waals surface area contributed by atoms with Gasteiger partial charge in [0.25, 0.3) is 0 Å². The summed E-state index contributed by atoms with van der Waals surface area (Å²) in [4.78, 5) is 4.34. The van der Waals surface area contributed by atoms with Gasteiger partial charge < -0.3 is 5.32 Å². The minimum absolute atomic E-state index is 0.183. The van der Waals surface area contributed by atoms with Gasteiger partial charge >= 0.3 is 0 Å². The largest absolute Gasteiger partial charge is 0.312 e. The minimum Gasteiger partial charge on any atom is -0.312 e. The maximum Gasteiger partial charge on any atom is 0.0349 e. The van der Waals surface area contributed by atoms with E-state index in [1.165, 1.54) is 21.9 Å². The molecule has 2 heteroatoms. The van der Waals surface area contributed by atoms with E-state index < -0.39 is 0 Å². The summed E-state index contributed by atoms with van der Waals surface area (Å²) in [6.07, 6.45) is 7.22. The van der Waals surface area contributed by atoms with Crippen molar-refractivity contribution in [2.45, 2.75) is 39.7 Å². The van der Waals surface area contributed by atoms with Crippen LogP contribution in [-0.2, 0) is 0 Å². The van der Waals surface area contributed by atoms with Gasteiger partial charge in [-0.25, -0.2) is 0 Å². The number of nitrogens with one attached hydrogen (secondary N) is 1. The molecule has 0 aliphatic carbocycles. The fourth-order valence-electron chi connectivity index (χ4n) is 2.28. The lowest BCUT2D eigenvalue weighted by atomic mass is 10.0. The molecule has 0 saturated carbocycles. The zero-order valence-corrected chi connectivity index (χ0v) is 12.9. The van der Waals surface area contributed by atoms with Crippen LogP contribution in [0.3, 0.4) is 0 Å². The average Bonchev–Trinajstić information content (AvgIpc) is 2.41. The van der Waals surface area contributed by atoms with Gasteiger partial charge in [-0.1, -0.05) is 30.3 Å². The minimum atomic E-state index is 0.183. The number of pyridine rings is 1. The van der Waals surface area contributed by atoms with Crippen LogP contribution in [-0.4, -0.2) is 17.1 Å². The highest BCUT2D eigenvalue weighted by molar-refractivity contribution is 5.92. The lowest BCUT2D eigenvalue weighted by Gasteiger charge is -2.19. The second-order valence-electron chi connectivity index (χ2n) is 6.26. The topological polar surface area (TPSA) is 24.9 Å². The Kier molecular flexibility index (Phi) is 4.56. The molecule has 2 aromatic rings. The zero-order chi connectivity index (χ0) is 14.6. The molecule has 1 N–H and O–H groups in total. The number of nitrogens with zero attached hydrogens (tertiary/aromatic N) is 1. The zero-order valence-electron chi connectivity index (χ0n) is 12.9. The SMILES string of the molecule is CC(=CCCNC(C)(C)C)c1cncc2ccccc12. The molecular formula is C18H24N2. The van der Waals surface area contributed by atoms with E-state index in [1.807, 2.05) is 12.4 Å². The van der Waals surface area contributed by atoms with Crippen LogP contribution in [0.25, 0.3) is 16.3 Å². The standard InChI is InChI=1S/C18H24N2/c1-14(8-7-11-20-18(2,3)4)17-13-19-12-15-9-5-6-10-16(15)17/h5-6,8-10,12-13,20H,7,11H2,1-4H3. The third-order valence-corrected chi connectivity index (χ3v) is 3.34. The summed E-state index contributed by atoms with van der Waals surface area (Å²) in [5, 5.41) is 5.98. The third kappa shape index (κ3) is 3.91. The van der Waals surface area contributed by atoms with E-state index in [0.717, 1.165) is 13.0 Å². The van der Waals surface area contributed by atoms with Gasteiger partial charge in [-0.15, -0.1) is 0 Å². The molecule has 20 heavy (non-hydrogen) atoms. The highest BCUT2D eigenvalue weighted by atomic mass is 14.9. The second kappa shape index (κ2) is 6.19. The molecule has 0 radical (unpaired) electrons. The normalized spacial score (nSPS) is 12.9. The quantitative estimate of drug-likeness (QED) is 0.830. The third-order valence-electron chi connectivity index (χ3n) is 3.34. The molecule has 1 aromatic carbocycles. The van der Waals surface area contributed by atoms with Crippen LogP contribution in [0.1, 0.15) is 39.7 Å². The first-order chi connectivity index (χ1) is 9.47. The van der Waals surface area contributed by atoms with Crippen molar-refractivity contribution in [1.29, 1.82) is 0 Å². The van der Waals surface area contributed by atoms with Crippen molar-refractivity contribution in [3.8, 4) is 0 Å². The molecule has 0 spiro atoms. The average molecular weight is 268 g/mol. The number of rotatable bonds is 4. The van der Waals surface area contributed by atoms with Crippen molar-refractivity contribution in [2.75, 3.05) is 6.54 Å². The fourth-order valence-corrected chi connectivity index (χ4v) is 2.28. The van der Waals surface area contributed by atoms with Gasteiger partial charge in [-0.2, -0.15) is 0 Å². The molecule has 0 atom stereocenters. The monoisotopic (exact) mass is 268 g/mol. The summed E-state index contributed by atoms with van der Waals surface area (Å²) in [7, 11) is 0. The van der Waals surface area contributed by atoms with Gasteiger partial charge in [0.1, 0.15) is 0 Å². The van der Waals surface area contributed by atoms with Gasteiger partial charge in [0.15, 0.2) is 0 Å². The van der Waals surface area contributed by atoms with Crippen LogP contribution in [0.2, 0.25) is 0 Å². The number of fused-ring (bicyclic) bond motifs is 1. The van der Waals surface area contributed by atoms with Crippen LogP contribution >= 0.6 is 0 Å². The van der Waals surface area contributed by atoms with Crippen molar-refractivity contribution in [2.24, 2.45) is 0 Å². The molecule has 2 rings (SSSR count). The number of allylic oxidation sites excluding steroid dienone is 1. The van der Waals surface area contributed by atoms with Crippen molar-refractivity contribution < 1.29 is 0 Å². The number of hydrogen-bond acceptors (Lipinski definition) is 2. The lowest BCUT2D eigenvalue weighted by Crippen LogP contribution is -2.36. The molecule has 2 nitrogen and oxygen atoms in total. The van der Waals surface area contributed by atoms with Crippen LogP contribution in [0.5, 0.6) is 0 Å². The summed E-state index contributed by atoms with van der Waals surface area (Å²) in [6, 6.07) is 8.41. The van der Waals surface area contributed by atoms with E-state index in [-0.39, 0.29) is 5.54 Å². The lowest BCUT2D eigenvalue weighted by molar-refractivity contribution is 0.431. The molecule has 0 bridgehead atoms. The Labute approximate surface area is 121 Å². The van der Waals surface area contributed by atoms with Crippen LogP contribution in [0, 0.1) is 0 Å². The molecular weight excluding hydrogens is 244 g/mol.